The zero-order chi connectivity index (χ0) is 17.3. The fourth-order valence-corrected chi connectivity index (χ4v) is 2.33. The van der Waals surface area contributed by atoms with Gasteiger partial charge in [-0.25, -0.2) is 0 Å². The second kappa shape index (κ2) is 8.55. The van der Waals surface area contributed by atoms with Crippen molar-refractivity contribution in [1.29, 1.82) is 0 Å². The molecule has 4 nitrogen and oxygen atoms in total. The van der Waals surface area contributed by atoms with Crippen molar-refractivity contribution in [3.8, 4) is 5.75 Å². The van der Waals surface area contributed by atoms with Crippen LogP contribution in [0.1, 0.15) is 6.42 Å². The van der Waals surface area contributed by atoms with Crippen LogP contribution in [-0.2, 0) is 4.79 Å². The van der Waals surface area contributed by atoms with Crippen LogP contribution in [0.25, 0.3) is 0 Å². The number of rotatable bonds is 7. The van der Waals surface area contributed by atoms with Crippen LogP contribution >= 0.6 is 0 Å². The van der Waals surface area contributed by atoms with E-state index in [-0.39, 0.29) is 5.91 Å². The molecule has 0 aliphatic heterocycles. The van der Waals surface area contributed by atoms with Gasteiger partial charge in [0.05, 0.1) is 13.0 Å². The van der Waals surface area contributed by atoms with Crippen molar-refractivity contribution in [2.75, 3.05) is 17.2 Å². The number of benzene rings is 3. The minimum atomic E-state index is -0.0697. The summed E-state index contributed by atoms with van der Waals surface area (Å²) in [6, 6.07) is 27.0. The number of carbonyl (C=O) groups is 1. The summed E-state index contributed by atoms with van der Waals surface area (Å²) in [5, 5.41) is 6.18. The number of carbonyl (C=O) groups excluding carboxylic acids is 1. The van der Waals surface area contributed by atoms with E-state index in [4.69, 9.17) is 4.74 Å². The van der Waals surface area contributed by atoms with E-state index in [0.29, 0.717) is 13.0 Å². The number of ether oxygens (including phenoxy) is 1. The van der Waals surface area contributed by atoms with E-state index in [1.54, 1.807) is 0 Å². The summed E-state index contributed by atoms with van der Waals surface area (Å²) in [6.07, 6.45) is 0.304. The number of hydrogen-bond acceptors (Lipinski definition) is 3. The Morgan fingerprint density at radius 2 is 1.28 bits per heavy atom. The summed E-state index contributed by atoms with van der Waals surface area (Å²) < 4.78 is 5.53. The molecule has 0 aliphatic carbocycles. The van der Waals surface area contributed by atoms with Crippen molar-refractivity contribution in [2.45, 2.75) is 6.42 Å². The third kappa shape index (κ3) is 5.39. The van der Waals surface area contributed by atoms with Gasteiger partial charge < -0.3 is 15.4 Å². The molecule has 0 atom stereocenters. The normalized spacial score (nSPS) is 10.1. The summed E-state index contributed by atoms with van der Waals surface area (Å²) in [5.41, 5.74) is 2.76. The van der Waals surface area contributed by atoms with Crippen LogP contribution in [0.2, 0.25) is 0 Å². The molecule has 25 heavy (non-hydrogen) atoms. The van der Waals surface area contributed by atoms with Crippen molar-refractivity contribution in [3.05, 3.63) is 84.9 Å². The maximum absolute atomic E-state index is 12.0. The monoisotopic (exact) mass is 332 g/mol. The zero-order valence-electron chi connectivity index (χ0n) is 13.8. The van der Waals surface area contributed by atoms with Gasteiger partial charge in [0, 0.05) is 17.1 Å². The molecule has 3 aromatic rings. The Morgan fingerprint density at radius 1 is 0.720 bits per heavy atom. The van der Waals surface area contributed by atoms with E-state index in [0.717, 1.165) is 22.8 Å². The summed E-state index contributed by atoms with van der Waals surface area (Å²) in [5.74, 6) is 0.700. The van der Waals surface area contributed by atoms with Crippen LogP contribution in [0, 0.1) is 0 Å². The van der Waals surface area contributed by atoms with E-state index in [1.165, 1.54) is 0 Å². The molecule has 0 unspecified atom stereocenters. The first-order chi connectivity index (χ1) is 12.3. The van der Waals surface area contributed by atoms with E-state index >= 15 is 0 Å². The van der Waals surface area contributed by atoms with E-state index in [2.05, 4.69) is 10.6 Å². The molecule has 0 spiro atoms. The Hall–Kier alpha value is -3.27. The third-order valence-electron chi connectivity index (χ3n) is 3.57. The lowest BCUT2D eigenvalue weighted by Crippen LogP contribution is -2.15. The highest BCUT2D eigenvalue weighted by atomic mass is 16.5. The molecule has 2 N–H and O–H groups in total. The molecule has 0 aromatic heterocycles. The second-order valence-electron chi connectivity index (χ2n) is 5.53. The molecule has 1 amide bonds. The molecule has 3 rings (SSSR count). The van der Waals surface area contributed by atoms with Crippen molar-refractivity contribution in [2.24, 2.45) is 0 Å². The first-order valence-electron chi connectivity index (χ1n) is 8.19. The summed E-state index contributed by atoms with van der Waals surface area (Å²) >= 11 is 0. The lowest BCUT2D eigenvalue weighted by molar-refractivity contribution is -0.116. The van der Waals surface area contributed by atoms with Crippen LogP contribution in [0.3, 0.4) is 0 Å². The summed E-state index contributed by atoms with van der Waals surface area (Å²) in [7, 11) is 0. The Bertz CT molecular complexity index is 787. The highest BCUT2D eigenvalue weighted by Gasteiger charge is 2.03. The fraction of sp³-hybridized carbons (Fsp3) is 0.0952. The van der Waals surface area contributed by atoms with Crippen LogP contribution < -0.4 is 15.4 Å². The fourth-order valence-electron chi connectivity index (χ4n) is 2.33. The summed E-state index contributed by atoms with van der Waals surface area (Å²) in [4.78, 5) is 12.0. The van der Waals surface area contributed by atoms with Gasteiger partial charge in [-0.3, -0.25) is 4.79 Å². The predicted octanol–water partition coefficient (Wildman–Crippen LogP) is 4.84. The molecule has 0 saturated carbocycles. The van der Waals surface area contributed by atoms with Crippen molar-refractivity contribution in [3.63, 3.8) is 0 Å². The van der Waals surface area contributed by atoms with Crippen LogP contribution in [0.5, 0.6) is 5.75 Å². The van der Waals surface area contributed by atoms with Gasteiger partial charge in [0.2, 0.25) is 5.91 Å². The van der Waals surface area contributed by atoms with E-state index < -0.39 is 0 Å². The van der Waals surface area contributed by atoms with Crippen LogP contribution in [0.15, 0.2) is 84.9 Å². The van der Waals surface area contributed by atoms with Gasteiger partial charge in [-0.2, -0.15) is 0 Å². The number of hydrogen-bond donors (Lipinski definition) is 2. The van der Waals surface area contributed by atoms with Crippen molar-refractivity contribution < 1.29 is 9.53 Å². The first-order valence-corrected chi connectivity index (χ1v) is 8.19. The zero-order valence-corrected chi connectivity index (χ0v) is 13.8. The largest absolute Gasteiger partial charge is 0.493 e. The van der Waals surface area contributed by atoms with Crippen LogP contribution in [0.4, 0.5) is 17.1 Å². The Morgan fingerprint density at radius 3 is 1.96 bits per heavy atom. The number of para-hydroxylation sites is 2. The smallest absolute Gasteiger partial charge is 0.227 e. The molecule has 0 bridgehead atoms. The molecule has 0 aliphatic rings. The topological polar surface area (TPSA) is 50.4 Å². The average Bonchev–Trinajstić information content (AvgIpc) is 2.65. The van der Waals surface area contributed by atoms with Crippen molar-refractivity contribution >= 4 is 23.0 Å². The Kier molecular flexibility index (Phi) is 5.67. The molecule has 0 radical (unpaired) electrons. The molecule has 0 saturated heterocycles. The highest BCUT2D eigenvalue weighted by molar-refractivity contribution is 5.91. The van der Waals surface area contributed by atoms with Crippen molar-refractivity contribution in [1.82, 2.24) is 0 Å². The van der Waals surface area contributed by atoms with Gasteiger partial charge in [0.15, 0.2) is 0 Å². The molecule has 0 fully saturated rings. The van der Waals surface area contributed by atoms with Crippen LogP contribution in [-0.4, -0.2) is 12.5 Å². The van der Waals surface area contributed by atoms with Gasteiger partial charge in [-0.15, -0.1) is 0 Å². The lowest BCUT2D eigenvalue weighted by Gasteiger charge is -2.09. The number of nitrogens with one attached hydrogen (secondary N) is 2. The molecule has 3 aromatic carbocycles. The Balaban J connectivity index is 1.45. The quantitative estimate of drug-likeness (QED) is 0.651. The van der Waals surface area contributed by atoms with E-state index in [1.807, 2.05) is 84.9 Å². The molecular formula is C21H20N2O2. The van der Waals surface area contributed by atoms with Gasteiger partial charge in [-0.1, -0.05) is 36.4 Å². The molecular weight excluding hydrogens is 312 g/mol. The second-order valence-corrected chi connectivity index (χ2v) is 5.53. The highest BCUT2D eigenvalue weighted by Crippen LogP contribution is 2.18. The SMILES string of the molecule is O=C(CCOc1ccccc1)Nc1ccc(Nc2ccccc2)cc1. The van der Waals surface area contributed by atoms with Gasteiger partial charge >= 0.3 is 0 Å². The molecule has 4 heteroatoms. The number of anilines is 3. The van der Waals surface area contributed by atoms with Gasteiger partial charge in [-0.05, 0) is 48.5 Å². The maximum Gasteiger partial charge on any atom is 0.227 e. The lowest BCUT2D eigenvalue weighted by atomic mass is 10.2. The van der Waals surface area contributed by atoms with Gasteiger partial charge in [0.25, 0.3) is 0 Å². The minimum Gasteiger partial charge on any atom is -0.493 e. The minimum absolute atomic E-state index is 0.0697. The molecule has 0 heterocycles. The van der Waals surface area contributed by atoms with E-state index in [9.17, 15) is 4.79 Å². The predicted molar refractivity (Wildman–Crippen MR) is 101 cm³/mol. The van der Waals surface area contributed by atoms with Gasteiger partial charge in [0.1, 0.15) is 5.75 Å². The first kappa shape index (κ1) is 16.6. The summed E-state index contributed by atoms with van der Waals surface area (Å²) in [6.45, 7) is 0.351. The maximum atomic E-state index is 12.0. The number of amides is 1. The standard InChI is InChI=1S/C21H20N2O2/c24-21(15-16-25-20-9-5-2-6-10-20)23-19-13-11-18(12-14-19)22-17-7-3-1-4-8-17/h1-14,22H,15-16H2,(H,23,24). The third-order valence-corrected chi connectivity index (χ3v) is 3.57. The average molecular weight is 332 g/mol. The molecule has 126 valence electrons. The Labute approximate surface area is 147 Å².